The van der Waals surface area contributed by atoms with Crippen LogP contribution in [0.25, 0.3) is 0 Å². The number of carbonyl (C=O) groups excluding carboxylic acids is 1. The molecule has 0 N–H and O–H groups in total. The van der Waals surface area contributed by atoms with Gasteiger partial charge >= 0.3 is 16.1 Å². The van der Waals surface area contributed by atoms with Gasteiger partial charge in [0.25, 0.3) is 0 Å². The molecule has 6 nitrogen and oxygen atoms in total. The summed E-state index contributed by atoms with van der Waals surface area (Å²) in [6, 6.07) is 11.2. The zero-order valence-corrected chi connectivity index (χ0v) is 15.9. The van der Waals surface area contributed by atoms with Crippen LogP contribution in [-0.2, 0) is 16.7 Å². The molecule has 1 aliphatic carbocycles. The van der Waals surface area contributed by atoms with Crippen LogP contribution in [0.4, 0.5) is 9.18 Å². The van der Waals surface area contributed by atoms with Crippen LogP contribution in [-0.4, -0.2) is 44.4 Å². The fraction of sp³-hybridized carbons (Fsp3) is 0.316. The first-order chi connectivity index (χ1) is 12.8. The smallest absolute Gasteiger partial charge is 0.339 e. The van der Waals surface area contributed by atoms with Crippen LogP contribution in [0.2, 0.25) is 0 Å². The fourth-order valence-electron chi connectivity index (χ4n) is 2.66. The highest BCUT2D eigenvalue weighted by Gasteiger charge is 2.33. The summed E-state index contributed by atoms with van der Waals surface area (Å²) in [5.74, 6) is -0.383. The van der Waals surface area contributed by atoms with Crippen molar-refractivity contribution in [1.29, 1.82) is 0 Å². The van der Waals surface area contributed by atoms with Crippen molar-refractivity contribution in [2.45, 2.75) is 30.3 Å². The molecular formula is C19H21FN2O4S. The predicted octanol–water partition coefficient (Wildman–Crippen LogP) is 3.24. The second kappa shape index (κ2) is 7.56. The van der Waals surface area contributed by atoms with Gasteiger partial charge in [0, 0.05) is 26.7 Å². The Morgan fingerprint density at radius 1 is 1.15 bits per heavy atom. The number of nitrogens with zero attached hydrogens (tertiary/aromatic N) is 2. The van der Waals surface area contributed by atoms with E-state index in [0.29, 0.717) is 6.54 Å². The summed E-state index contributed by atoms with van der Waals surface area (Å²) in [6.45, 7) is 0.371. The van der Waals surface area contributed by atoms with Gasteiger partial charge in [-0.05, 0) is 54.8 Å². The molecule has 0 atom stereocenters. The first-order valence-electron chi connectivity index (χ1n) is 8.53. The van der Waals surface area contributed by atoms with E-state index in [1.807, 2.05) is 6.07 Å². The van der Waals surface area contributed by atoms with E-state index >= 15 is 0 Å². The molecular weight excluding hydrogens is 371 g/mol. The molecule has 2 aromatic carbocycles. The third kappa shape index (κ3) is 4.77. The molecule has 3 rings (SSSR count). The fourth-order valence-corrected chi connectivity index (χ4v) is 3.59. The predicted molar refractivity (Wildman–Crippen MR) is 98.3 cm³/mol. The summed E-state index contributed by atoms with van der Waals surface area (Å²) >= 11 is 0. The minimum Gasteiger partial charge on any atom is -0.379 e. The Morgan fingerprint density at radius 2 is 1.81 bits per heavy atom. The molecule has 0 radical (unpaired) electrons. The van der Waals surface area contributed by atoms with Gasteiger partial charge in [-0.25, -0.2) is 9.18 Å². The largest absolute Gasteiger partial charge is 0.379 e. The second-order valence-corrected chi connectivity index (χ2v) is 8.22. The second-order valence-electron chi connectivity index (χ2n) is 6.67. The van der Waals surface area contributed by atoms with Crippen molar-refractivity contribution < 1.29 is 21.8 Å². The summed E-state index contributed by atoms with van der Waals surface area (Å²) in [4.78, 5) is 15.5. The van der Waals surface area contributed by atoms with Crippen LogP contribution in [0, 0.1) is 5.82 Å². The van der Waals surface area contributed by atoms with Crippen molar-refractivity contribution in [3.05, 3.63) is 59.9 Å². The maximum Gasteiger partial charge on any atom is 0.339 e. The Balaban J connectivity index is 1.77. The topological polar surface area (TPSA) is 66.9 Å². The van der Waals surface area contributed by atoms with E-state index in [2.05, 4.69) is 0 Å². The summed E-state index contributed by atoms with van der Waals surface area (Å²) in [5, 5.41) is 0. The summed E-state index contributed by atoms with van der Waals surface area (Å²) in [7, 11) is -0.663. The molecule has 1 saturated carbocycles. The van der Waals surface area contributed by atoms with Crippen LogP contribution >= 0.6 is 0 Å². The molecule has 27 heavy (non-hydrogen) atoms. The minimum atomic E-state index is -4.06. The highest BCUT2D eigenvalue weighted by Crippen LogP contribution is 2.30. The van der Waals surface area contributed by atoms with Crippen molar-refractivity contribution >= 4 is 16.1 Å². The molecule has 144 valence electrons. The van der Waals surface area contributed by atoms with Crippen molar-refractivity contribution in [3.63, 3.8) is 0 Å². The molecule has 8 heteroatoms. The van der Waals surface area contributed by atoms with Crippen LogP contribution in [0.1, 0.15) is 18.4 Å². The van der Waals surface area contributed by atoms with Gasteiger partial charge in [-0.2, -0.15) is 8.42 Å². The van der Waals surface area contributed by atoms with E-state index in [4.69, 9.17) is 4.18 Å². The Hall–Kier alpha value is -2.61. The standard InChI is InChI=1S/C19H21FN2O4S/c1-21(2)19(23)22(16-8-9-16)13-14-4-3-5-17(12-14)26-27(24,25)18-10-6-15(20)7-11-18/h3-7,10-12,16H,8-9,13H2,1-2H3. The average Bonchev–Trinajstić information content (AvgIpc) is 3.44. The van der Waals surface area contributed by atoms with Crippen LogP contribution < -0.4 is 4.18 Å². The first kappa shape index (κ1) is 19.2. The maximum atomic E-state index is 13.0. The van der Waals surface area contributed by atoms with E-state index < -0.39 is 15.9 Å². The van der Waals surface area contributed by atoms with Gasteiger partial charge in [-0.1, -0.05) is 12.1 Å². The van der Waals surface area contributed by atoms with Gasteiger partial charge in [-0.3, -0.25) is 0 Å². The number of amides is 2. The Morgan fingerprint density at radius 3 is 2.41 bits per heavy atom. The zero-order chi connectivity index (χ0) is 19.6. The third-order valence-corrected chi connectivity index (χ3v) is 5.44. The van der Waals surface area contributed by atoms with Crippen molar-refractivity contribution in [3.8, 4) is 5.75 Å². The molecule has 1 fully saturated rings. The average molecular weight is 392 g/mol. The summed E-state index contributed by atoms with van der Waals surface area (Å²) < 4.78 is 42.9. The molecule has 1 aliphatic rings. The van der Waals surface area contributed by atoms with Crippen LogP contribution in [0.5, 0.6) is 5.75 Å². The zero-order valence-electron chi connectivity index (χ0n) is 15.1. The van der Waals surface area contributed by atoms with E-state index in [0.717, 1.165) is 42.7 Å². The van der Waals surface area contributed by atoms with E-state index in [1.54, 1.807) is 31.1 Å². The molecule has 0 spiro atoms. The third-order valence-electron chi connectivity index (χ3n) is 4.18. The van der Waals surface area contributed by atoms with Crippen LogP contribution in [0.3, 0.4) is 0 Å². The molecule has 0 saturated heterocycles. The minimum absolute atomic E-state index is 0.0808. The molecule has 2 aromatic rings. The van der Waals surface area contributed by atoms with Crippen molar-refractivity contribution in [2.75, 3.05) is 14.1 Å². The molecule has 0 aromatic heterocycles. The first-order valence-corrected chi connectivity index (χ1v) is 9.94. The highest BCUT2D eigenvalue weighted by molar-refractivity contribution is 7.87. The number of rotatable bonds is 6. The van der Waals surface area contributed by atoms with Gasteiger partial charge in [0.1, 0.15) is 16.5 Å². The number of halogens is 1. The Kier molecular flexibility index (Phi) is 5.36. The number of carbonyl (C=O) groups is 1. The van der Waals surface area contributed by atoms with E-state index in [9.17, 15) is 17.6 Å². The number of benzene rings is 2. The van der Waals surface area contributed by atoms with Gasteiger partial charge in [0.15, 0.2) is 0 Å². The van der Waals surface area contributed by atoms with Crippen molar-refractivity contribution in [2.24, 2.45) is 0 Å². The monoisotopic (exact) mass is 392 g/mol. The number of hydrogen-bond acceptors (Lipinski definition) is 4. The van der Waals surface area contributed by atoms with Crippen LogP contribution in [0.15, 0.2) is 53.4 Å². The van der Waals surface area contributed by atoms with Gasteiger partial charge in [-0.15, -0.1) is 0 Å². The molecule has 0 bridgehead atoms. The molecule has 0 unspecified atom stereocenters. The number of urea groups is 1. The van der Waals surface area contributed by atoms with Gasteiger partial charge in [0.2, 0.25) is 0 Å². The van der Waals surface area contributed by atoms with E-state index in [-0.39, 0.29) is 22.7 Å². The van der Waals surface area contributed by atoms with Gasteiger partial charge in [0.05, 0.1) is 0 Å². The number of hydrogen-bond donors (Lipinski definition) is 0. The highest BCUT2D eigenvalue weighted by atomic mass is 32.2. The molecule has 2 amide bonds. The SMILES string of the molecule is CN(C)C(=O)N(Cc1cccc(OS(=O)(=O)c2ccc(F)cc2)c1)C1CC1. The lowest BCUT2D eigenvalue weighted by Crippen LogP contribution is -2.40. The normalized spacial score (nSPS) is 13.9. The summed E-state index contributed by atoms with van der Waals surface area (Å²) in [6.07, 6.45) is 1.93. The van der Waals surface area contributed by atoms with E-state index in [1.165, 1.54) is 11.0 Å². The van der Waals surface area contributed by atoms with Crippen molar-refractivity contribution in [1.82, 2.24) is 9.80 Å². The maximum absolute atomic E-state index is 13.0. The Bertz CT molecular complexity index is 925. The Labute approximate surface area is 158 Å². The lowest BCUT2D eigenvalue weighted by molar-refractivity contribution is 0.165. The van der Waals surface area contributed by atoms with Gasteiger partial charge < -0.3 is 14.0 Å². The summed E-state index contributed by atoms with van der Waals surface area (Å²) in [5.41, 5.74) is 0.768. The lowest BCUT2D eigenvalue weighted by Gasteiger charge is -2.26. The lowest BCUT2D eigenvalue weighted by atomic mass is 10.2. The quantitative estimate of drug-likeness (QED) is 0.708. The molecule has 0 heterocycles. The molecule has 0 aliphatic heterocycles.